The summed E-state index contributed by atoms with van der Waals surface area (Å²) in [5.74, 6) is -0.747. The van der Waals surface area contributed by atoms with Crippen LogP contribution < -0.4 is 15.7 Å². The number of pyridine rings is 1. The zero-order valence-electron chi connectivity index (χ0n) is 17.0. The molecule has 3 aromatic rings. The van der Waals surface area contributed by atoms with Gasteiger partial charge in [0.15, 0.2) is 0 Å². The predicted octanol–water partition coefficient (Wildman–Crippen LogP) is 2.52. The number of alkyl halides is 3. The highest BCUT2D eigenvalue weighted by Crippen LogP contribution is 2.30. The maximum atomic E-state index is 13.4. The van der Waals surface area contributed by atoms with Crippen molar-refractivity contribution in [3.05, 3.63) is 70.5 Å². The van der Waals surface area contributed by atoms with Gasteiger partial charge in [-0.1, -0.05) is 0 Å². The van der Waals surface area contributed by atoms with Crippen LogP contribution in [0.1, 0.15) is 17.3 Å². The summed E-state index contributed by atoms with van der Waals surface area (Å²) in [6, 6.07) is 7.68. The fourth-order valence-corrected chi connectivity index (χ4v) is 3.85. The number of halogens is 3. The van der Waals surface area contributed by atoms with Crippen LogP contribution in [0, 0.1) is 6.92 Å². The molecule has 0 radical (unpaired) electrons. The molecule has 2 aromatic heterocycles. The van der Waals surface area contributed by atoms with Gasteiger partial charge in [0.05, 0.1) is 30.1 Å². The van der Waals surface area contributed by atoms with Crippen molar-refractivity contribution in [1.29, 1.82) is 0 Å². The Balaban J connectivity index is 1.78. The number of aromatic hydroxyl groups is 1. The molecule has 2 unspecified atom stereocenters. The third kappa shape index (κ3) is 4.34. The summed E-state index contributed by atoms with van der Waals surface area (Å²) in [5, 5.41) is 14.0. The van der Waals surface area contributed by atoms with Crippen LogP contribution in [-0.4, -0.2) is 51.4 Å². The van der Waals surface area contributed by atoms with Crippen molar-refractivity contribution < 1.29 is 27.8 Å². The Kier molecular flexibility index (Phi) is 5.94. The molecule has 0 aliphatic carbocycles. The van der Waals surface area contributed by atoms with Gasteiger partial charge in [0, 0.05) is 25.5 Å². The highest BCUT2D eigenvalue weighted by Gasteiger charge is 2.33. The fraction of sp³-hybridized carbons (Fsp3) is 0.333. The van der Waals surface area contributed by atoms with Crippen molar-refractivity contribution in [2.45, 2.75) is 25.4 Å². The molecule has 1 aliphatic heterocycles. The van der Waals surface area contributed by atoms with Crippen LogP contribution in [0.2, 0.25) is 0 Å². The molecule has 1 saturated heterocycles. The van der Waals surface area contributed by atoms with Crippen molar-refractivity contribution >= 4 is 0 Å². The van der Waals surface area contributed by atoms with Gasteiger partial charge in [-0.3, -0.25) is 9.55 Å². The molecule has 11 heteroatoms. The summed E-state index contributed by atoms with van der Waals surface area (Å²) in [7, 11) is 0. The number of rotatable bonds is 5. The van der Waals surface area contributed by atoms with E-state index in [1.54, 1.807) is 31.5 Å². The summed E-state index contributed by atoms with van der Waals surface area (Å²) in [4.78, 5) is 17.5. The van der Waals surface area contributed by atoms with Crippen molar-refractivity contribution in [2.24, 2.45) is 0 Å². The molecule has 0 spiro atoms. The van der Waals surface area contributed by atoms with Gasteiger partial charge in [-0.15, -0.1) is 13.2 Å². The van der Waals surface area contributed by atoms with Crippen molar-refractivity contribution in [3.63, 3.8) is 0 Å². The Hall–Kier alpha value is -3.31. The molecule has 0 amide bonds. The first-order chi connectivity index (χ1) is 15.3. The first-order valence-electron chi connectivity index (χ1n) is 9.87. The lowest BCUT2D eigenvalue weighted by Crippen LogP contribution is -2.46. The van der Waals surface area contributed by atoms with E-state index in [1.807, 2.05) is 0 Å². The molecule has 3 heterocycles. The first-order valence-corrected chi connectivity index (χ1v) is 9.87. The van der Waals surface area contributed by atoms with E-state index in [1.165, 1.54) is 16.7 Å². The van der Waals surface area contributed by atoms with Crippen LogP contribution >= 0.6 is 0 Å². The van der Waals surface area contributed by atoms with Gasteiger partial charge in [0.1, 0.15) is 5.75 Å². The molecule has 1 aromatic carbocycles. The Morgan fingerprint density at radius 2 is 1.91 bits per heavy atom. The molecule has 8 nitrogen and oxygen atoms in total. The minimum Gasteiger partial charge on any atom is -0.493 e. The van der Waals surface area contributed by atoms with E-state index in [4.69, 9.17) is 4.74 Å². The standard InChI is InChI=1S/C21H21F3N4O4/c1-13-19(29)28(15-2-4-16(5-3-15)32-21(22,23)24)20(30)27(13)18(14-6-8-25-9-7-14)17-12-26-10-11-31-17/h2-9,17-18,26,29H,10-12H2,1H3. The second kappa shape index (κ2) is 8.67. The average Bonchev–Trinajstić information content (AvgIpc) is 2.99. The summed E-state index contributed by atoms with van der Waals surface area (Å²) in [5.41, 5.74) is 0.701. The Morgan fingerprint density at radius 1 is 1.22 bits per heavy atom. The summed E-state index contributed by atoms with van der Waals surface area (Å²) in [6.45, 7) is 3.24. The van der Waals surface area contributed by atoms with Crippen LogP contribution in [0.25, 0.3) is 5.69 Å². The van der Waals surface area contributed by atoms with Crippen LogP contribution in [-0.2, 0) is 4.74 Å². The fourth-order valence-electron chi connectivity index (χ4n) is 3.85. The number of hydrogen-bond acceptors (Lipinski definition) is 6. The van der Waals surface area contributed by atoms with E-state index in [0.717, 1.165) is 22.3 Å². The molecule has 0 saturated carbocycles. The Labute approximate surface area is 180 Å². The van der Waals surface area contributed by atoms with E-state index in [0.29, 0.717) is 25.4 Å². The summed E-state index contributed by atoms with van der Waals surface area (Å²) >= 11 is 0. The van der Waals surface area contributed by atoms with E-state index < -0.39 is 23.8 Å². The monoisotopic (exact) mass is 450 g/mol. The Bertz CT molecular complexity index is 1120. The molecule has 0 bridgehead atoms. The smallest absolute Gasteiger partial charge is 0.493 e. The number of nitrogens with one attached hydrogen (secondary N) is 1. The van der Waals surface area contributed by atoms with Gasteiger partial charge >= 0.3 is 12.1 Å². The molecule has 4 rings (SSSR count). The molecule has 32 heavy (non-hydrogen) atoms. The third-order valence-corrected chi connectivity index (χ3v) is 5.26. The minimum atomic E-state index is -4.83. The van der Waals surface area contributed by atoms with Crippen molar-refractivity contribution in [1.82, 2.24) is 19.4 Å². The molecule has 1 fully saturated rings. The van der Waals surface area contributed by atoms with E-state index >= 15 is 0 Å². The zero-order valence-corrected chi connectivity index (χ0v) is 17.0. The largest absolute Gasteiger partial charge is 0.573 e. The minimum absolute atomic E-state index is 0.194. The van der Waals surface area contributed by atoms with Gasteiger partial charge in [0.2, 0.25) is 5.88 Å². The van der Waals surface area contributed by atoms with E-state index in [-0.39, 0.29) is 17.7 Å². The SMILES string of the molecule is Cc1c(O)n(-c2ccc(OC(F)(F)F)cc2)c(=O)n1C(c1ccncc1)C1CNCCO1. The molecular weight excluding hydrogens is 429 g/mol. The second-order valence-corrected chi connectivity index (χ2v) is 7.28. The van der Waals surface area contributed by atoms with Crippen LogP contribution in [0.4, 0.5) is 13.2 Å². The number of aromatic nitrogens is 3. The predicted molar refractivity (Wildman–Crippen MR) is 108 cm³/mol. The van der Waals surface area contributed by atoms with E-state index in [2.05, 4.69) is 15.0 Å². The number of benzene rings is 1. The van der Waals surface area contributed by atoms with Crippen LogP contribution in [0.5, 0.6) is 11.6 Å². The molecule has 2 N–H and O–H groups in total. The van der Waals surface area contributed by atoms with Crippen LogP contribution in [0.15, 0.2) is 53.6 Å². The lowest BCUT2D eigenvalue weighted by atomic mass is 10.0. The van der Waals surface area contributed by atoms with Gasteiger partial charge in [-0.05, 0) is 48.9 Å². The molecular formula is C21H21F3N4O4. The van der Waals surface area contributed by atoms with Gasteiger partial charge < -0.3 is 19.9 Å². The topological polar surface area (TPSA) is 90.5 Å². The average molecular weight is 450 g/mol. The summed E-state index contributed by atoms with van der Waals surface area (Å²) < 4.78 is 49.6. The highest BCUT2D eigenvalue weighted by molar-refractivity contribution is 5.42. The highest BCUT2D eigenvalue weighted by atomic mass is 19.4. The third-order valence-electron chi connectivity index (χ3n) is 5.26. The van der Waals surface area contributed by atoms with Gasteiger partial charge in [-0.25, -0.2) is 9.36 Å². The summed E-state index contributed by atoms with van der Waals surface area (Å²) in [6.07, 6.45) is -2.00. The number of hydrogen-bond donors (Lipinski definition) is 2. The Morgan fingerprint density at radius 3 is 2.50 bits per heavy atom. The maximum Gasteiger partial charge on any atom is 0.573 e. The van der Waals surface area contributed by atoms with E-state index in [9.17, 15) is 23.1 Å². The molecule has 2 atom stereocenters. The number of morpholine rings is 1. The quantitative estimate of drug-likeness (QED) is 0.621. The second-order valence-electron chi connectivity index (χ2n) is 7.28. The number of nitrogens with zero attached hydrogens (tertiary/aromatic N) is 3. The molecule has 170 valence electrons. The van der Waals surface area contributed by atoms with Crippen molar-refractivity contribution in [2.75, 3.05) is 19.7 Å². The zero-order chi connectivity index (χ0) is 22.9. The lowest BCUT2D eigenvalue weighted by molar-refractivity contribution is -0.274. The van der Waals surface area contributed by atoms with Gasteiger partial charge in [0.25, 0.3) is 0 Å². The normalized spacial score (nSPS) is 17.8. The maximum absolute atomic E-state index is 13.4. The van der Waals surface area contributed by atoms with Crippen molar-refractivity contribution in [3.8, 4) is 17.3 Å². The number of ether oxygens (including phenoxy) is 2. The molecule has 1 aliphatic rings. The number of imidazole rings is 1. The lowest BCUT2D eigenvalue weighted by Gasteiger charge is -2.32. The van der Waals surface area contributed by atoms with Gasteiger partial charge in [-0.2, -0.15) is 0 Å². The van der Waals surface area contributed by atoms with Crippen LogP contribution in [0.3, 0.4) is 0 Å². The first kappa shape index (κ1) is 21.9.